The van der Waals surface area contributed by atoms with Gasteiger partial charge in [-0.15, -0.1) is 0 Å². The third-order valence-electron chi connectivity index (χ3n) is 4.38. The molecule has 0 aliphatic carbocycles. The Balaban J connectivity index is 1.88. The van der Waals surface area contributed by atoms with E-state index >= 15 is 0 Å². The van der Waals surface area contributed by atoms with Crippen molar-refractivity contribution in [1.29, 1.82) is 0 Å². The van der Waals surface area contributed by atoms with Crippen molar-refractivity contribution in [2.45, 2.75) is 39.3 Å². The summed E-state index contributed by atoms with van der Waals surface area (Å²) < 4.78 is 7.32. The first-order chi connectivity index (χ1) is 10.1. The molecule has 0 saturated carbocycles. The van der Waals surface area contributed by atoms with Gasteiger partial charge in [0, 0.05) is 30.6 Å². The average molecular weight is 288 g/mol. The summed E-state index contributed by atoms with van der Waals surface area (Å²) in [5.74, 6) is 0.847. The van der Waals surface area contributed by atoms with Crippen molar-refractivity contribution in [3.8, 4) is 11.4 Å². The van der Waals surface area contributed by atoms with E-state index in [-0.39, 0.29) is 0 Å². The SMILES string of the molecule is Cc1onc2c1CCCn1nc3c(c1-2)CN(C(=O)O)CC3. The highest BCUT2D eigenvalue weighted by atomic mass is 16.5. The number of nitrogens with zero attached hydrogens (tertiary/aromatic N) is 4. The first kappa shape index (κ1) is 12.4. The molecule has 0 bridgehead atoms. The number of hydrogen-bond acceptors (Lipinski definition) is 4. The molecule has 2 aliphatic heterocycles. The lowest BCUT2D eigenvalue weighted by Crippen LogP contribution is -2.34. The lowest BCUT2D eigenvalue weighted by molar-refractivity contribution is 0.140. The standard InChI is InChI=1S/C14H16N4O3/c1-8-9-3-2-5-18-13(12(9)16-21-8)10-7-17(14(19)20)6-4-11(10)15-18/h2-7H2,1H3,(H,19,20). The fourth-order valence-corrected chi connectivity index (χ4v) is 3.29. The van der Waals surface area contributed by atoms with Gasteiger partial charge in [-0.1, -0.05) is 5.16 Å². The topological polar surface area (TPSA) is 84.4 Å². The minimum Gasteiger partial charge on any atom is -0.465 e. The molecule has 1 amide bonds. The van der Waals surface area contributed by atoms with Crippen molar-refractivity contribution in [3.05, 3.63) is 22.6 Å². The van der Waals surface area contributed by atoms with Crippen LogP contribution in [0.15, 0.2) is 4.52 Å². The number of amides is 1. The zero-order chi connectivity index (χ0) is 14.6. The van der Waals surface area contributed by atoms with Crippen LogP contribution >= 0.6 is 0 Å². The third-order valence-corrected chi connectivity index (χ3v) is 4.38. The van der Waals surface area contributed by atoms with Crippen molar-refractivity contribution < 1.29 is 14.4 Å². The van der Waals surface area contributed by atoms with E-state index in [4.69, 9.17) is 4.52 Å². The van der Waals surface area contributed by atoms with Crippen LogP contribution in [0.1, 0.15) is 29.0 Å². The maximum atomic E-state index is 11.2. The van der Waals surface area contributed by atoms with Gasteiger partial charge in [-0.2, -0.15) is 5.10 Å². The minimum absolute atomic E-state index is 0.380. The van der Waals surface area contributed by atoms with E-state index in [9.17, 15) is 9.90 Å². The van der Waals surface area contributed by atoms with Crippen LogP contribution < -0.4 is 0 Å². The number of carboxylic acid groups (broad SMARTS) is 1. The first-order valence-electron chi connectivity index (χ1n) is 7.17. The summed E-state index contributed by atoms with van der Waals surface area (Å²) in [4.78, 5) is 12.7. The molecule has 4 rings (SSSR count). The molecule has 2 aromatic heterocycles. The monoisotopic (exact) mass is 288 g/mol. The predicted octanol–water partition coefficient (Wildman–Crippen LogP) is 1.83. The summed E-state index contributed by atoms with van der Waals surface area (Å²) in [5, 5.41) is 18.1. The van der Waals surface area contributed by atoms with E-state index in [1.165, 1.54) is 4.90 Å². The van der Waals surface area contributed by atoms with Crippen LogP contribution in [0, 0.1) is 6.92 Å². The molecule has 2 aliphatic rings. The Morgan fingerprint density at radius 1 is 1.29 bits per heavy atom. The summed E-state index contributed by atoms with van der Waals surface area (Å²) in [5.41, 5.74) is 4.89. The third kappa shape index (κ3) is 1.76. The number of carbonyl (C=O) groups is 1. The van der Waals surface area contributed by atoms with Gasteiger partial charge >= 0.3 is 6.09 Å². The smallest absolute Gasteiger partial charge is 0.407 e. The highest BCUT2D eigenvalue weighted by Gasteiger charge is 2.31. The van der Waals surface area contributed by atoms with Gasteiger partial charge in [-0.25, -0.2) is 4.79 Å². The van der Waals surface area contributed by atoms with Crippen LogP contribution in [-0.2, 0) is 25.9 Å². The normalized spacial score (nSPS) is 16.9. The summed E-state index contributed by atoms with van der Waals surface area (Å²) in [6.07, 6.45) is 1.69. The Hall–Kier alpha value is -2.31. The molecule has 21 heavy (non-hydrogen) atoms. The molecule has 0 spiro atoms. The average Bonchev–Trinajstić information content (AvgIpc) is 2.93. The van der Waals surface area contributed by atoms with Gasteiger partial charge in [0.2, 0.25) is 0 Å². The fourth-order valence-electron chi connectivity index (χ4n) is 3.29. The number of hydrogen-bond donors (Lipinski definition) is 1. The summed E-state index contributed by atoms with van der Waals surface area (Å²) in [6, 6.07) is 0. The molecule has 7 nitrogen and oxygen atoms in total. The van der Waals surface area contributed by atoms with E-state index in [2.05, 4.69) is 10.3 Å². The van der Waals surface area contributed by atoms with Crippen molar-refractivity contribution in [3.63, 3.8) is 0 Å². The predicted molar refractivity (Wildman–Crippen MR) is 72.9 cm³/mol. The first-order valence-corrected chi connectivity index (χ1v) is 7.17. The molecule has 0 unspecified atom stereocenters. The molecule has 2 aromatic rings. The highest BCUT2D eigenvalue weighted by molar-refractivity contribution is 5.69. The molecule has 1 N–H and O–H groups in total. The van der Waals surface area contributed by atoms with Crippen molar-refractivity contribution in [2.75, 3.05) is 6.54 Å². The highest BCUT2D eigenvalue weighted by Crippen LogP contribution is 2.35. The number of fused-ring (bicyclic) bond motifs is 5. The van der Waals surface area contributed by atoms with Gasteiger partial charge in [0.05, 0.1) is 17.9 Å². The van der Waals surface area contributed by atoms with Crippen LogP contribution in [0.3, 0.4) is 0 Å². The Labute approximate surface area is 121 Å². The maximum Gasteiger partial charge on any atom is 0.407 e. The molecule has 7 heteroatoms. The molecular formula is C14H16N4O3. The molecule has 110 valence electrons. The van der Waals surface area contributed by atoms with Crippen molar-refractivity contribution in [1.82, 2.24) is 19.8 Å². The summed E-state index contributed by atoms with van der Waals surface area (Å²) in [6.45, 7) is 3.65. The van der Waals surface area contributed by atoms with Crippen LogP contribution in [-0.4, -0.2) is 37.6 Å². The lowest BCUT2D eigenvalue weighted by Gasteiger charge is -2.23. The van der Waals surface area contributed by atoms with E-state index in [1.54, 1.807) is 0 Å². The molecule has 4 heterocycles. The lowest BCUT2D eigenvalue weighted by atomic mass is 10.0. The zero-order valence-electron chi connectivity index (χ0n) is 11.8. The summed E-state index contributed by atoms with van der Waals surface area (Å²) in [7, 11) is 0. The Morgan fingerprint density at radius 3 is 2.95 bits per heavy atom. The minimum atomic E-state index is -0.884. The van der Waals surface area contributed by atoms with Gasteiger partial charge in [-0.3, -0.25) is 4.68 Å². The number of aromatic nitrogens is 3. The number of rotatable bonds is 0. The molecule has 0 aromatic carbocycles. The molecular weight excluding hydrogens is 272 g/mol. The quantitative estimate of drug-likeness (QED) is 0.799. The van der Waals surface area contributed by atoms with Gasteiger partial charge in [0.25, 0.3) is 0 Å². The Kier molecular flexibility index (Phi) is 2.57. The van der Waals surface area contributed by atoms with Crippen LogP contribution in [0.5, 0.6) is 0 Å². The largest absolute Gasteiger partial charge is 0.465 e. The van der Waals surface area contributed by atoms with E-state index < -0.39 is 6.09 Å². The van der Waals surface area contributed by atoms with Gasteiger partial charge < -0.3 is 14.5 Å². The van der Waals surface area contributed by atoms with Crippen LogP contribution in [0.4, 0.5) is 4.79 Å². The van der Waals surface area contributed by atoms with E-state index in [0.717, 1.165) is 53.4 Å². The second kappa shape index (κ2) is 4.34. The van der Waals surface area contributed by atoms with E-state index in [1.807, 2.05) is 11.6 Å². The molecule has 0 fully saturated rings. The fraction of sp³-hybridized carbons (Fsp3) is 0.500. The van der Waals surface area contributed by atoms with Gasteiger partial charge in [0.15, 0.2) is 0 Å². The maximum absolute atomic E-state index is 11.2. The second-order valence-electron chi connectivity index (χ2n) is 5.62. The molecule has 0 atom stereocenters. The Morgan fingerprint density at radius 2 is 2.14 bits per heavy atom. The van der Waals surface area contributed by atoms with Crippen molar-refractivity contribution >= 4 is 6.09 Å². The van der Waals surface area contributed by atoms with E-state index in [0.29, 0.717) is 19.5 Å². The molecule has 0 radical (unpaired) electrons. The summed E-state index contributed by atoms with van der Waals surface area (Å²) >= 11 is 0. The van der Waals surface area contributed by atoms with Crippen LogP contribution in [0.2, 0.25) is 0 Å². The van der Waals surface area contributed by atoms with Gasteiger partial charge in [0.1, 0.15) is 11.5 Å². The van der Waals surface area contributed by atoms with Crippen molar-refractivity contribution in [2.24, 2.45) is 0 Å². The van der Waals surface area contributed by atoms with Gasteiger partial charge in [-0.05, 0) is 19.8 Å². The zero-order valence-corrected chi connectivity index (χ0v) is 11.8. The Bertz CT molecular complexity index is 731. The second-order valence-corrected chi connectivity index (χ2v) is 5.62. The molecule has 0 saturated heterocycles. The van der Waals surface area contributed by atoms with Crippen LogP contribution in [0.25, 0.3) is 11.4 Å². The number of aryl methyl sites for hydroxylation is 2.